The number of fused-ring (bicyclic) bond motifs is 1. The number of nitrogens with zero attached hydrogens (tertiary/aromatic N) is 1. The predicted octanol–water partition coefficient (Wildman–Crippen LogP) is 4.67. The minimum Gasteiger partial charge on any atom is -0.496 e. The van der Waals surface area contributed by atoms with E-state index in [1.807, 2.05) is 30.3 Å². The molecule has 0 aliphatic carbocycles. The standard InChI is InChI=1S/C17H14FNOS/c1-20-16-7-6-13(18)10-12(16)11-21-17-8-9-19-15-5-3-2-4-14(15)17/h2-10H,11H2,1H3. The van der Waals surface area contributed by atoms with E-state index in [9.17, 15) is 4.39 Å². The van der Waals surface area contributed by atoms with Gasteiger partial charge in [-0.1, -0.05) is 18.2 Å². The minimum atomic E-state index is -0.244. The molecule has 4 heteroatoms. The van der Waals surface area contributed by atoms with Gasteiger partial charge in [0.05, 0.1) is 12.6 Å². The van der Waals surface area contributed by atoms with Gasteiger partial charge in [-0.2, -0.15) is 0 Å². The van der Waals surface area contributed by atoms with E-state index >= 15 is 0 Å². The number of benzene rings is 2. The van der Waals surface area contributed by atoms with Crippen LogP contribution in [0.15, 0.2) is 59.6 Å². The Morgan fingerprint density at radius 1 is 1.14 bits per heavy atom. The summed E-state index contributed by atoms with van der Waals surface area (Å²) in [6.07, 6.45) is 1.80. The van der Waals surface area contributed by atoms with E-state index in [0.29, 0.717) is 11.5 Å². The SMILES string of the molecule is COc1ccc(F)cc1CSc1ccnc2ccccc12. The van der Waals surface area contributed by atoms with Crippen molar-refractivity contribution in [3.63, 3.8) is 0 Å². The van der Waals surface area contributed by atoms with Gasteiger partial charge in [0.25, 0.3) is 0 Å². The molecule has 0 fully saturated rings. The second-order valence-electron chi connectivity index (χ2n) is 4.57. The molecular weight excluding hydrogens is 285 g/mol. The average molecular weight is 299 g/mol. The van der Waals surface area contributed by atoms with E-state index in [1.165, 1.54) is 12.1 Å². The largest absolute Gasteiger partial charge is 0.496 e. The van der Waals surface area contributed by atoms with Gasteiger partial charge >= 0.3 is 0 Å². The maximum Gasteiger partial charge on any atom is 0.123 e. The highest BCUT2D eigenvalue weighted by Gasteiger charge is 2.07. The van der Waals surface area contributed by atoms with E-state index in [-0.39, 0.29) is 5.82 Å². The van der Waals surface area contributed by atoms with Crippen molar-refractivity contribution < 1.29 is 9.13 Å². The molecule has 0 spiro atoms. The van der Waals surface area contributed by atoms with Gasteiger partial charge in [0.1, 0.15) is 11.6 Å². The van der Waals surface area contributed by atoms with Crippen molar-refractivity contribution in [1.82, 2.24) is 4.98 Å². The average Bonchev–Trinajstić information content (AvgIpc) is 2.53. The van der Waals surface area contributed by atoms with E-state index in [1.54, 1.807) is 31.1 Å². The van der Waals surface area contributed by atoms with Gasteiger partial charge in [0.15, 0.2) is 0 Å². The number of hydrogen-bond acceptors (Lipinski definition) is 3. The predicted molar refractivity (Wildman–Crippen MR) is 84.3 cm³/mol. The van der Waals surface area contributed by atoms with Crippen LogP contribution in [-0.4, -0.2) is 12.1 Å². The first-order valence-corrected chi connectivity index (χ1v) is 7.55. The lowest BCUT2D eigenvalue weighted by molar-refractivity contribution is 0.410. The van der Waals surface area contributed by atoms with E-state index in [2.05, 4.69) is 4.98 Å². The zero-order valence-corrected chi connectivity index (χ0v) is 12.4. The normalized spacial score (nSPS) is 10.8. The van der Waals surface area contributed by atoms with Crippen LogP contribution in [0.25, 0.3) is 10.9 Å². The molecule has 0 unspecified atom stereocenters. The summed E-state index contributed by atoms with van der Waals surface area (Å²) in [4.78, 5) is 5.48. The Kier molecular flexibility index (Phi) is 4.06. The van der Waals surface area contributed by atoms with E-state index < -0.39 is 0 Å². The molecule has 2 aromatic carbocycles. The van der Waals surface area contributed by atoms with Crippen LogP contribution >= 0.6 is 11.8 Å². The molecule has 0 aliphatic heterocycles. The van der Waals surface area contributed by atoms with E-state index in [4.69, 9.17) is 4.74 Å². The van der Waals surface area contributed by atoms with Gasteiger partial charge in [-0.15, -0.1) is 11.8 Å². The summed E-state index contributed by atoms with van der Waals surface area (Å²) < 4.78 is 18.7. The number of hydrogen-bond donors (Lipinski definition) is 0. The summed E-state index contributed by atoms with van der Waals surface area (Å²) in [7, 11) is 1.60. The molecule has 0 aliphatic rings. The van der Waals surface area contributed by atoms with E-state index in [0.717, 1.165) is 21.4 Å². The molecule has 1 heterocycles. The third-order valence-electron chi connectivity index (χ3n) is 3.23. The second kappa shape index (κ2) is 6.14. The van der Waals surface area contributed by atoms with Crippen LogP contribution in [0.2, 0.25) is 0 Å². The molecule has 3 aromatic rings. The molecule has 1 aromatic heterocycles. The lowest BCUT2D eigenvalue weighted by Crippen LogP contribution is -1.92. The van der Waals surface area contributed by atoms with Crippen molar-refractivity contribution in [1.29, 1.82) is 0 Å². The highest BCUT2D eigenvalue weighted by molar-refractivity contribution is 7.98. The summed E-state index contributed by atoms with van der Waals surface area (Å²) >= 11 is 1.65. The summed E-state index contributed by atoms with van der Waals surface area (Å²) in [6.45, 7) is 0. The summed E-state index contributed by atoms with van der Waals surface area (Å²) in [5, 5.41) is 1.11. The summed E-state index contributed by atoms with van der Waals surface area (Å²) in [5.41, 5.74) is 1.82. The van der Waals surface area contributed by atoms with Gasteiger partial charge in [-0.3, -0.25) is 4.98 Å². The maximum atomic E-state index is 13.4. The van der Waals surface area contributed by atoms with Crippen molar-refractivity contribution in [3.8, 4) is 5.75 Å². The Balaban J connectivity index is 1.89. The molecule has 106 valence electrons. The van der Waals surface area contributed by atoms with Crippen molar-refractivity contribution in [2.45, 2.75) is 10.6 Å². The Morgan fingerprint density at radius 2 is 2.00 bits per heavy atom. The number of para-hydroxylation sites is 1. The third kappa shape index (κ3) is 3.00. The Hall–Kier alpha value is -2.07. The van der Waals surface area contributed by atoms with Gasteiger partial charge in [-0.25, -0.2) is 4.39 Å². The highest BCUT2D eigenvalue weighted by atomic mass is 32.2. The van der Waals surface area contributed by atoms with Crippen LogP contribution in [0.5, 0.6) is 5.75 Å². The number of thioether (sulfide) groups is 1. The molecular formula is C17H14FNOS. The quantitative estimate of drug-likeness (QED) is 0.653. The smallest absolute Gasteiger partial charge is 0.123 e. The molecule has 0 saturated heterocycles. The van der Waals surface area contributed by atoms with Crippen LogP contribution in [0.4, 0.5) is 4.39 Å². The molecule has 2 nitrogen and oxygen atoms in total. The lowest BCUT2D eigenvalue weighted by Gasteiger charge is -2.09. The molecule has 0 amide bonds. The minimum absolute atomic E-state index is 0.244. The van der Waals surface area contributed by atoms with Gasteiger partial charge in [0, 0.05) is 27.8 Å². The molecule has 0 N–H and O–H groups in total. The zero-order valence-electron chi connectivity index (χ0n) is 11.5. The highest BCUT2D eigenvalue weighted by Crippen LogP contribution is 2.32. The summed E-state index contributed by atoms with van der Waals surface area (Å²) in [6, 6.07) is 14.6. The van der Waals surface area contributed by atoms with Crippen LogP contribution in [0.3, 0.4) is 0 Å². The van der Waals surface area contributed by atoms with Crippen molar-refractivity contribution in [3.05, 3.63) is 66.1 Å². The van der Waals surface area contributed by atoms with Crippen molar-refractivity contribution in [2.24, 2.45) is 0 Å². The maximum absolute atomic E-state index is 13.4. The first kappa shape index (κ1) is 13.9. The fraction of sp³-hybridized carbons (Fsp3) is 0.118. The number of methoxy groups -OCH3 is 1. The Morgan fingerprint density at radius 3 is 2.86 bits per heavy atom. The number of pyridine rings is 1. The molecule has 21 heavy (non-hydrogen) atoms. The van der Waals surface area contributed by atoms with Crippen LogP contribution < -0.4 is 4.74 Å². The zero-order chi connectivity index (χ0) is 14.7. The Labute approximate surface area is 127 Å². The summed E-state index contributed by atoms with van der Waals surface area (Å²) in [5.74, 6) is 1.11. The Bertz CT molecular complexity index is 770. The van der Waals surface area contributed by atoms with Crippen LogP contribution in [0.1, 0.15) is 5.56 Å². The number of rotatable bonds is 4. The molecule has 0 bridgehead atoms. The molecule has 0 radical (unpaired) electrons. The van der Waals surface area contributed by atoms with Crippen LogP contribution in [0, 0.1) is 5.82 Å². The fourth-order valence-corrected chi connectivity index (χ4v) is 3.23. The van der Waals surface area contributed by atoms with Crippen molar-refractivity contribution >= 4 is 22.7 Å². The van der Waals surface area contributed by atoms with Crippen LogP contribution in [-0.2, 0) is 5.75 Å². The first-order valence-electron chi connectivity index (χ1n) is 6.57. The first-order chi connectivity index (χ1) is 10.3. The lowest BCUT2D eigenvalue weighted by atomic mass is 10.2. The molecule has 0 saturated carbocycles. The molecule has 3 rings (SSSR count). The van der Waals surface area contributed by atoms with Gasteiger partial charge < -0.3 is 4.74 Å². The number of ether oxygens (including phenoxy) is 1. The molecule has 0 atom stereocenters. The van der Waals surface area contributed by atoms with Crippen molar-refractivity contribution in [2.75, 3.05) is 7.11 Å². The monoisotopic (exact) mass is 299 g/mol. The van der Waals surface area contributed by atoms with Gasteiger partial charge in [-0.05, 0) is 30.3 Å². The fourth-order valence-electron chi connectivity index (χ4n) is 2.21. The number of aromatic nitrogens is 1. The third-order valence-corrected chi connectivity index (χ3v) is 4.36. The topological polar surface area (TPSA) is 22.1 Å². The second-order valence-corrected chi connectivity index (χ2v) is 5.59. The van der Waals surface area contributed by atoms with Gasteiger partial charge in [0.2, 0.25) is 0 Å². The number of halogens is 1.